The second kappa shape index (κ2) is 6.12. The molecule has 0 fully saturated rings. The molecule has 0 aromatic heterocycles. The van der Waals surface area contributed by atoms with Crippen molar-refractivity contribution in [1.82, 2.24) is 0 Å². The first-order chi connectivity index (χ1) is 12.6. The van der Waals surface area contributed by atoms with Crippen LogP contribution in [0, 0.1) is 11.3 Å². The van der Waals surface area contributed by atoms with Crippen LogP contribution in [0.15, 0.2) is 72.1 Å². The number of benzene rings is 3. The number of nitrogens with two attached hydrogens (primary N) is 1. The first-order valence-corrected chi connectivity index (χ1v) is 8.46. The monoisotopic (exact) mass is 341 g/mol. The van der Waals surface area contributed by atoms with Crippen LogP contribution in [0.2, 0.25) is 0 Å². The van der Waals surface area contributed by atoms with Crippen molar-refractivity contribution in [2.75, 3.05) is 19.0 Å². The zero-order chi connectivity index (χ0) is 18.3. The number of ether oxygens (including phenoxy) is 1. The topological polar surface area (TPSA) is 62.3 Å². The smallest absolute Gasteiger partial charge is 0.223 e. The Morgan fingerprint density at radius 1 is 1.00 bits per heavy atom. The van der Waals surface area contributed by atoms with Crippen molar-refractivity contribution in [2.24, 2.45) is 5.73 Å². The van der Waals surface area contributed by atoms with Crippen LogP contribution in [0.5, 0.6) is 5.75 Å². The van der Waals surface area contributed by atoms with Gasteiger partial charge >= 0.3 is 0 Å². The van der Waals surface area contributed by atoms with Crippen molar-refractivity contribution < 1.29 is 4.74 Å². The van der Waals surface area contributed by atoms with Crippen LogP contribution < -0.4 is 15.4 Å². The molecule has 1 aliphatic rings. The quantitative estimate of drug-likeness (QED) is 0.761. The summed E-state index contributed by atoms with van der Waals surface area (Å²) in [5.41, 5.74) is 9.94. The summed E-state index contributed by atoms with van der Waals surface area (Å²) in [6.07, 6.45) is 0. The fourth-order valence-corrected chi connectivity index (χ4v) is 3.47. The van der Waals surface area contributed by atoms with Gasteiger partial charge in [-0.05, 0) is 23.1 Å². The molecule has 1 heterocycles. The van der Waals surface area contributed by atoms with E-state index in [-0.39, 0.29) is 11.7 Å². The van der Waals surface area contributed by atoms with Crippen LogP contribution in [0.25, 0.3) is 10.8 Å². The van der Waals surface area contributed by atoms with E-state index in [4.69, 9.17) is 10.5 Å². The molecule has 0 bridgehead atoms. The Morgan fingerprint density at radius 3 is 2.42 bits per heavy atom. The maximum absolute atomic E-state index is 9.52. The lowest BCUT2D eigenvalue weighted by Crippen LogP contribution is -2.22. The van der Waals surface area contributed by atoms with E-state index in [1.54, 1.807) is 0 Å². The molecule has 26 heavy (non-hydrogen) atoms. The molecule has 1 aliphatic heterocycles. The van der Waals surface area contributed by atoms with E-state index in [0.717, 1.165) is 33.3 Å². The minimum absolute atomic E-state index is 0.176. The largest absolute Gasteiger partial charge is 0.443 e. The molecule has 2 N–H and O–H groups in total. The summed E-state index contributed by atoms with van der Waals surface area (Å²) < 4.78 is 5.91. The lowest BCUT2D eigenvalue weighted by molar-refractivity contribution is 0.421. The molecule has 1 atom stereocenters. The third kappa shape index (κ3) is 2.46. The Hall–Kier alpha value is -3.45. The SMILES string of the molecule is CN(C)c1ccc(C2C(N)=C(C#N)Oc3c2ccc2ccccc32)cc1. The Morgan fingerprint density at radius 2 is 1.73 bits per heavy atom. The van der Waals surface area contributed by atoms with Gasteiger partial charge in [0, 0.05) is 30.7 Å². The van der Waals surface area contributed by atoms with Gasteiger partial charge in [-0.3, -0.25) is 0 Å². The zero-order valence-corrected chi connectivity index (χ0v) is 14.7. The molecular formula is C22H19N3O. The van der Waals surface area contributed by atoms with Gasteiger partial charge in [-0.25, -0.2) is 0 Å². The molecule has 1 unspecified atom stereocenters. The van der Waals surface area contributed by atoms with Crippen molar-refractivity contribution in [3.63, 3.8) is 0 Å². The van der Waals surface area contributed by atoms with Crippen LogP contribution in [-0.4, -0.2) is 14.1 Å². The van der Waals surface area contributed by atoms with E-state index >= 15 is 0 Å². The molecular weight excluding hydrogens is 322 g/mol. The van der Waals surface area contributed by atoms with Crippen molar-refractivity contribution in [1.29, 1.82) is 5.26 Å². The molecule has 0 saturated heterocycles. The highest BCUT2D eigenvalue weighted by Gasteiger charge is 2.30. The average Bonchev–Trinajstić information content (AvgIpc) is 2.67. The fourth-order valence-electron chi connectivity index (χ4n) is 3.47. The normalized spacial score (nSPS) is 16.0. The second-order valence-corrected chi connectivity index (χ2v) is 6.62. The Kier molecular flexibility index (Phi) is 3.78. The molecule has 0 amide bonds. The number of fused-ring (bicyclic) bond motifs is 3. The lowest BCUT2D eigenvalue weighted by Gasteiger charge is -2.28. The molecule has 4 heteroatoms. The maximum Gasteiger partial charge on any atom is 0.223 e. The van der Waals surface area contributed by atoms with Crippen molar-refractivity contribution in [3.8, 4) is 11.8 Å². The third-order valence-electron chi connectivity index (χ3n) is 4.84. The first-order valence-electron chi connectivity index (χ1n) is 8.46. The number of hydrogen-bond acceptors (Lipinski definition) is 4. The molecule has 4 rings (SSSR count). The zero-order valence-electron chi connectivity index (χ0n) is 14.7. The summed E-state index contributed by atoms with van der Waals surface area (Å²) in [6.45, 7) is 0. The van der Waals surface area contributed by atoms with Crippen molar-refractivity contribution in [3.05, 3.63) is 83.2 Å². The number of nitrogens with zero attached hydrogens (tertiary/aromatic N) is 2. The predicted octanol–water partition coefficient (Wildman–Crippen LogP) is 4.12. The Bertz CT molecular complexity index is 1060. The van der Waals surface area contributed by atoms with Gasteiger partial charge < -0.3 is 15.4 Å². The molecule has 0 spiro atoms. The minimum atomic E-state index is -0.200. The van der Waals surface area contributed by atoms with Gasteiger partial charge in [0.2, 0.25) is 5.76 Å². The van der Waals surface area contributed by atoms with E-state index in [1.165, 1.54) is 0 Å². The summed E-state index contributed by atoms with van der Waals surface area (Å²) in [5.74, 6) is 0.695. The van der Waals surface area contributed by atoms with E-state index in [1.807, 2.05) is 44.4 Å². The summed E-state index contributed by atoms with van der Waals surface area (Å²) in [7, 11) is 4.01. The highest BCUT2D eigenvalue weighted by Crippen LogP contribution is 2.44. The summed E-state index contributed by atoms with van der Waals surface area (Å²) >= 11 is 0. The van der Waals surface area contributed by atoms with Gasteiger partial charge in [0.05, 0.1) is 11.6 Å². The molecule has 3 aromatic rings. The van der Waals surface area contributed by atoms with Gasteiger partial charge in [-0.1, -0.05) is 48.5 Å². The first kappa shape index (κ1) is 16.0. The number of nitriles is 1. The third-order valence-corrected chi connectivity index (χ3v) is 4.84. The van der Waals surface area contributed by atoms with E-state index < -0.39 is 0 Å². The molecule has 0 radical (unpaired) electrons. The highest BCUT2D eigenvalue weighted by atomic mass is 16.5. The van der Waals surface area contributed by atoms with Gasteiger partial charge in [-0.2, -0.15) is 5.26 Å². The number of allylic oxidation sites excluding steroid dienone is 2. The second-order valence-electron chi connectivity index (χ2n) is 6.62. The van der Waals surface area contributed by atoms with Crippen LogP contribution in [0.1, 0.15) is 17.0 Å². The average molecular weight is 341 g/mol. The lowest BCUT2D eigenvalue weighted by atomic mass is 9.84. The summed E-state index contributed by atoms with van der Waals surface area (Å²) in [6, 6.07) is 22.5. The highest BCUT2D eigenvalue weighted by molar-refractivity contribution is 5.90. The van der Waals surface area contributed by atoms with Crippen molar-refractivity contribution in [2.45, 2.75) is 5.92 Å². The van der Waals surface area contributed by atoms with Crippen LogP contribution in [-0.2, 0) is 0 Å². The molecule has 4 nitrogen and oxygen atoms in total. The van der Waals surface area contributed by atoms with E-state index in [2.05, 4.69) is 41.3 Å². The van der Waals surface area contributed by atoms with E-state index in [9.17, 15) is 5.26 Å². The molecule has 128 valence electrons. The number of hydrogen-bond donors (Lipinski definition) is 1. The van der Waals surface area contributed by atoms with Crippen molar-refractivity contribution >= 4 is 16.5 Å². The fraction of sp³-hybridized carbons (Fsp3) is 0.136. The minimum Gasteiger partial charge on any atom is -0.443 e. The molecule has 3 aromatic carbocycles. The molecule has 0 saturated carbocycles. The number of anilines is 1. The van der Waals surface area contributed by atoms with E-state index in [0.29, 0.717) is 5.70 Å². The van der Waals surface area contributed by atoms with Gasteiger partial charge in [-0.15, -0.1) is 0 Å². The summed E-state index contributed by atoms with van der Waals surface area (Å²) in [4.78, 5) is 2.05. The maximum atomic E-state index is 9.52. The predicted molar refractivity (Wildman–Crippen MR) is 104 cm³/mol. The summed E-state index contributed by atoms with van der Waals surface area (Å²) in [5, 5.41) is 11.6. The Labute approximate surface area is 152 Å². The Balaban J connectivity index is 1.93. The molecule has 0 aliphatic carbocycles. The number of rotatable bonds is 2. The van der Waals surface area contributed by atoms with Crippen LogP contribution >= 0.6 is 0 Å². The van der Waals surface area contributed by atoms with Crippen LogP contribution in [0.3, 0.4) is 0 Å². The standard InChI is InChI=1S/C22H19N3O/c1-25(2)16-10-7-15(8-11-16)20-18-12-9-14-5-3-4-6-17(14)22(18)26-19(13-23)21(20)24/h3-12,20H,24H2,1-2H3. The van der Waals surface area contributed by atoms with Gasteiger partial charge in [0.25, 0.3) is 0 Å². The van der Waals surface area contributed by atoms with Gasteiger partial charge in [0.1, 0.15) is 11.8 Å². The van der Waals surface area contributed by atoms with Gasteiger partial charge in [0.15, 0.2) is 0 Å². The van der Waals surface area contributed by atoms with Crippen LogP contribution in [0.4, 0.5) is 5.69 Å².